The van der Waals surface area contributed by atoms with Crippen molar-refractivity contribution in [2.24, 2.45) is 0 Å². The predicted molar refractivity (Wildman–Crippen MR) is 72.9 cm³/mol. The quantitative estimate of drug-likeness (QED) is 0.471. The van der Waals surface area contributed by atoms with E-state index < -0.39 is 28.4 Å². The molecule has 0 saturated carbocycles. The molecule has 1 fully saturated rings. The number of carboxylic acid groups (broad SMARTS) is 1. The number of aliphatic carboxylic acids is 1. The van der Waals surface area contributed by atoms with Crippen molar-refractivity contribution in [2.45, 2.75) is 18.9 Å². The number of hydrogen-bond acceptors (Lipinski definition) is 5. The van der Waals surface area contributed by atoms with Crippen molar-refractivity contribution in [1.82, 2.24) is 10.2 Å². The van der Waals surface area contributed by atoms with Crippen molar-refractivity contribution >= 4 is 23.6 Å². The molecule has 1 aromatic carbocycles. The SMILES string of the molecule is CC1(c2ccc([N+](=O)[O-])cc2)NC(=O)N(CCC(=O)O)C1=O. The van der Waals surface area contributed by atoms with Crippen molar-refractivity contribution in [3.8, 4) is 0 Å². The Labute approximate surface area is 124 Å². The number of nitrogens with zero attached hydrogens (tertiary/aromatic N) is 2. The van der Waals surface area contributed by atoms with E-state index >= 15 is 0 Å². The third-order valence-electron chi connectivity index (χ3n) is 3.48. The van der Waals surface area contributed by atoms with Gasteiger partial charge in [-0.25, -0.2) is 4.79 Å². The number of non-ortho nitro benzene ring substituents is 1. The van der Waals surface area contributed by atoms with Crippen molar-refractivity contribution in [3.05, 3.63) is 39.9 Å². The van der Waals surface area contributed by atoms with E-state index in [0.29, 0.717) is 5.56 Å². The Hall–Kier alpha value is -2.97. The van der Waals surface area contributed by atoms with Gasteiger partial charge in [0.05, 0.1) is 11.3 Å². The van der Waals surface area contributed by atoms with Crippen LogP contribution in [0.15, 0.2) is 24.3 Å². The number of hydrogen-bond donors (Lipinski definition) is 2. The molecule has 0 bridgehead atoms. The summed E-state index contributed by atoms with van der Waals surface area (Å²) < 4.78 is 0. The van der Waals surface area contributed by atoms with Crippen molar-refractivity contribution in [1.29, 1.82) is 0 Å². The van der Waals surface area contributed by atoms with Crippen LogP contribution in [0.4, 0.5) is 10.5 Å². The van der Waals surface area contributed by atoms with Gasteiger partial charge in [0.1, 0.15) is 5.54 Å². The third-order valence-corrected chi connectivity index (χ3v) is 3.48. The summed E-state index contributed by atoms with van der Waals surface area (Å²) in [6.45, 7) is 1.23. The van der Waals surface area contributed by atoms with Crippen LogP contribution in [0.3, 0.4) is 0 Å². The summed E-state index contributed by atoms with van der Waals surface area (Å²) in [6.07, 6.45) is -0.352. The van der Waals surface area contributed by atoms with E-state index in [-0.39, 0.29) is 18.7 Å². The second-order valence-corrected chi connectivity index (χ2v) is 4.96. The fraction of sp³-hybridized carbons (Fsp3) is 0.308. The maximum atomic E-state index is 12.4. The Morgan fingerprint density at radius 3 is 2.45 bits per heavy atom. The number of benzene rings is 1. The summed E-state index contributed by atoms with van der Waals surface area (Å²) >= 11 is 0. The minimum Gasteiger partial charge on any atom is -0.481 e. The molecule has 0 radical (unpaired) electrons. The molecule has 116 valence electrons. The summed E-state index contributed by atoms with van der Waals surface area (Å²) in [4.78, 5) is 45.7. The first-order chi connectivity index (χ1) is 10.3. The van der Waals surface area contributed by atoms with Crippen LogP contribution in [0.5, 0.6) is 0 Å². The molecule has 2 N–H and O–H groups in total. The second-order valence-electron chi connectivity index (χ2n) is 4.96. The highest BCUT2D eigenvalue weighted by Gasteiger charge is 2.48. The molecule has 0 aromatic heterocycles. The van der Waals surface area contributed by atoms with Gasteiger partial charge >= 0.3 is 12.0 Å². The van der Waals surface area contributed by atoms with Crippen LogP contribution in [-0.4, -0.2) is 39.4 Å². The lowest BCUT2D eigenvalue weighted by Crippen LogP contribution is -2.41. The number of carbonyl (C=O) groups is 3. The molecule has 1 saturated heterocycles. The van der Waals surface area contributed by atoms with Gasteiger partial charge in [0.2, 0.25) is 0 Å². The molecular weight excluding hydrogens is 294 g/mol. The Morgan fingerprint density at radius 2 is 1.95 bits per heavy atom. The molecule has 9 heteroatoms. The zero-order valence-corrected chi connectivity index (χ0v) is 11.6. The fourth-order valence-electron chi connectivity index (χ4n) is 2.22. The molecule has 3 amide bonds. The molecule has 0 aliphatic carbocycles. The minimum absolute atomic E-state index is 0.133. The second kappa shape index (κ2) is 5.43. The highest BCUT2D eigenvalue weighted by atomic mass is 16.6. The van der Waals surface area contributed by atoms with Crippen LogP contribution in [0.25, 0.3) is 0 Å². The lowest BCUT2D eigenvalue weighted by molar-refractivity contribution is -0.384. The van der Waals surface area contributed by atoms with Gasteiger partial charge in [-0.2, -0.15) is 0 Å². The first kappa shape index (κ1) is 15.4. The highest BCUT2D eigenvalue weighted by molar-refractivity contribution is 6.07. The lowest BCUT2D eigenvalue weighted by Gasteiger charge is -2.22. The van der Waals surface area contributed by atoms with Crippen molar-refractivity contribution in [2.75, 3.05) is 6.54 Å². The molecule has 1 aliphatic rings. The number of nitrogens with one attached hydrogen (secondary N) is 1. The summed E-state index contributed by atoms with van der Waals surface area (Å²) in [5.41, 5.74) is -1.12. The maximum Gasteiger partial charge on any atom is 0.325 e. The Kier molecular flexibility index (Phi) is 3.81. The van der Waals surface area contributed by atoms with Gasteiger partial charge in [-0.3, -0.25) is 24.6 Å². The van der Waals surface area contributed by atoms with Gasteiger partial charge in [-0.05, 0) is 24.6 Å². The molecule has 1 aliphatic heterocycles. The molecule has 0 spiro atoms. The van der Waals surface area contributed by atoms with E-state index in [2.05, 4.69) is 5.32 Å². The van der Waals surface area contributed by atoms with E-state index in [0.717, 1.165) is 4.90 Å². The van der Waals surface area contributed by atoms with Crippen LogP contribution in [0.2, 0.25) is 0 Å². The number of imide groups is 1. The number of rotatable bonds is 5. The number of carbonyl (C=O) groups excluding carboxylic acids is 2. The van der Waals surface area contributed by atoms with Gasteiger partial charge < -0.3 is 10.4 Å². The lowest BCUT2D eigenvalue weighted by atomic mass is 9.92. The van der Waals surface area contributed by atoms with Crippen LogP contribution in [-0.2, 0) is 15.1 Å². The smallest absolute Gasteiger partial charge is 0.325 e. The third kappa shape index (κ3) is 2.60. The molecule has 2 rings (SSSR count). The van der Waals surface area contributed by atoms with Gasteiger partial charge in [0.25, 0.3) is 11.6 Å². The van der Waals surface area contributed by atoms with Crippen molar-refractivity contribution < 1.29 is 24.4 Å². The molecule has 9 nitrogen and oxygen atoms in total. The minimum atomic E-state index is -1.37. The summed E-state index contributed by atoms with van der Waals surface area (Å²) in [6, 6.07) is 4.56. The molecular formula is C13H13N3O6. The Balaban J connectivity index is 2.26. The average Bonchev–Trinajstić information content (AvgIpc) is 2.68. The highest BCUT2D eigenvalue weighted by Crippen LogP contribution is 2.30. The zero-order valence-electron chi connectivity index (χ0n) is 11.6. The van der Waals surface area contributed by atoms with Gasteiger partial charge in [-0.1, -0.05) is 0 Å². The largest absolute Gasteiger partial charge is 0.481 e. The van der Waals surface area contributed by atoms with Crippen LogP contribution >= 0.6 is 0 Å². The first-order valence-electron chi connectivity index (χ1n) is 6.36. The first-order valence-corrected chi connectivity index (χ1v) is 6.36. The maximum absolute atomic E-state index is 12.4. The fourth-order valence-corrected chi connectivity index (χ4v) is 2.22. The van der Waals surface area contributed by atoms with E-state index in [1.807, 2.05) is 0 Å². The number of nitro groups is 1. The van der Waals surface area contributed by atoms with E-state index in [9.17, 15) is 24.5 Å². The van der Waals surface area contributed by atoms with Crippen LogP contribution in [0, 0.1) is 10.1 Å². The Bertz CT molecular complexity index is 656. The van der Waals surface area contributed by atoms with Gasteiger partial charge in [0, 0.05) is 18.7 Å². The molecule has 1 unspecified atom stereocenters. The van der Waals surface area contributed by atoms with E-state index in [1.54, 1.807) is 0 Å². The number of urea groups is 1. The van der Waals surface area contributed by atoms with Gasteiger partial charge in [-0.15, -0.1) is 0 Å². The summed E-state index contributed by atoms with van der Waals surface area (Å²) in [5.74, 6) is -1.71. The zero-order chi connectivity index (χ0) is 16.5. The number of nitro benzene ring substituents is 1. The van der Waals surface area contributed by atoms with Gasteiger partial charge in [0.15, 0.2) is 0 Å². The predicted octanol–water partition coefficient (Wildman–Crippen LogP) is 0.837. The summed E-state index contributed by atoms with van der Waals surface area (Å²) in [7, 11) is 0. The number of amides is 3. The van der Waals surface area contributed by atoms with Crippen molar-refractivity contribution in [3.63, 3.8) is 0 Å². The van der Waals surface area contributed by atoms with E-state index in [1.165, 1.54) is 31.2 Å². The molecule has 22 heavy (non-hydrogen) atoms. The molecule has 1 heterocycles. The Morgan fingerprint density at radius 1 is 1.36 bits per heavy atom. The van der Waals surface area contributed by atoms with E-state index in [4.69, 9.17) is 5.11 Å². The topological polar surface area (TPSA) is 130 Å². The number of carboxylic acids is 1. The standard InChI is InChI=1S/C13H13N3O6/c1-13(8-2-4-9(5-3-8)16(21)22)11(19)15(12(20)14-13)7-6-10(17)18/h2-5H,6-7H2,1H3,(H,14,20)(H,17,18). The normalized spacial score (nSPS) is 20.9. The summed E-state index contributed by atoms with van der Waals surface area (Å²) in [5, 5.41) is 21.8. The van der Waals surface area contributed by atoms with Crippen LogP contribution in [0.1, 0.15) is 18.9 Å². The monoisotopic (exact) mass is 307 g/mol. The molecule has 1 aromatic rings. The average molecular weight is 307 g/mol. The van der Waals surface area contributed by atoms with Crippen LogP contribution < -0.4 is 5.32 Å². The molecule has 1 atom stereocenters.